The molecule has 2 rings (SSSR count). The Morgan fingerprint density at radius 1 is 1.41 bits per heavy atom. The van der Waals surface area contributed by atoms with Crippen molar-refractivity contribution in [3.05, 3.63) is 29.3 Å². The van der Waals surface area contributed by atoms with Gasteiger partial charge in [-0.1, -0.05) is 12.1 Å². The maximum absolute atomic E-state index is 12.6. The van der Waals surface area contributed by atoms with E-state index in [4.69, 9.17) is 5.73 Å². The Hall–Kier alpha value is -2.70. The van der Waals surface area contributed by atoms with E-state index in [1.165, 1.54) is 24.1 Å². The second kappa shape index (κ2) is 6.38. The number of aldehydes is 1. The first kappa shape index (κ1) is 15.7. The molecule has 1 heterocycles. The number of anilines is 1. The number of amides is 3. The SMILES string of the molecule is CN(C(=O)c1c(N)cccc1C=O)[C@H]1CCCC(=O)NC1=O. The molecule has 1 aromatic carbocycles. The predicted octanol–water partition coefficient (Wildman–Crippen LogP) is 0.349. The number of carbonyl (C=O) groups is 4. The number of nitrogens with zero attached hydrogens (tertiary/aromatic N) is 1. The number of nitrogens with two attached hydrogens (primary N) is 1. The van der Waals surface area contributed by atoms with Crippen molar-refractivity contribution in [2.45, 2.75) is 25.3 Å². The van der Waals surface area contributed by atoms with Crippen LogP contribution >= 0.6 is 0 Å². The van der Waals surface area contributed by atoms with Crippen LogP contribution in [-0.2, 0) is 9.59 Å². The summed E-state index contributed by atoms with van der Waals surface area (Å²) in [6, 6.07) is 3.82. The van der Waals surface area contributed by atoms with Crippen LogP contribution in [0.25, 0.3) is 0 Å². The highest BCUT2D eigenvalue weighted by Gasteiger charge is 2.32. The van der Waals surface area contributed by atoms with Gasteiger partial charge in [-0.15, -0.1) is 0 Å². The average molecular weight is 303 g/mol. The minimum Gasteiger partial charge on any atom is -0.398 e. The van der Waals surface area contributed by atoms with Gasteiger partial charge in [0.1, 0.15) is 6.04 Å². The third-order valence-corrected chi connectivity index (χ3v) is 3.70. The lowest BCUT2D eigenvalue weighted by Crippen LogP contribution is -2.47. The number of imide groups is 1. The van der Waals surface area contributed by atoms with E-state index in [-0.39, 0.29) is 29.1 Å². The second-order valence-electron chi connectivity index (χ2n) is 5.17. The molecule has 116 valence electrons. The van der Waals surface area contributed by atoms with Crippen molar-refractivity contribution in [3.8, 4) is 0 Å². The molecular formula is C15H17N3O4. The zero-order valence-corrected chi connectivity index (χ0v) is 12.2. The zero-order valence-electron chi connectivity index (χ0n) is 12.2. The Bertz CT molecular complexity index is 642. The highest BCUT2D eigenvalue weighted by atomic mass is 16.2. The standard InChI is InChI=1S/C15H17N3O4/c1-18(11-6-3-7-12(20)17-14(11)21)15(22)13-9(8-19)4-2-5-10(13)16/h2,4-5,8,11H,3,6-7,16H2,1H3,(H,17,20,21)/t11-/m0/s1. The van der Waals surface area contributed by atoms with Crippen molar-refractivity contribution >= 4 is 29.7 Å². The molecule has 0 bridgehead atoms. The van der Waals surface area contributed by atoms with E-state index in [1.807, 2.05) is 0 Å². The molecule has 0 aliphatic carbocycles. The number of likely N-dealkylation sites (N-methyl/N-ethyl adjacent to an activating group) is 1. The molecule has 7 heteroatoms. The van der Waals surface area contributed by atoms with Crippen LogP contribution in [0.15, 0.2) is 18.2 Å². The van der Waals surface area contributed by atoms with E-state index in [1.54, 1.807) is 6.07 Å². The summed E-state index contributed by atoms with van der Waals surface area (Å²) in [4.78, 5) is 48.3. The van der Waals surface area contributed by atoms with Crippen LogP contribution in [0.1, 0.15) is 40.0 Å². The smallest absolute Gasteiger partial charge is 0.257 e. The summed E-state index contributed by atoms with van der Waals surface area (Å²) in [5.74, 6) is -1.38. The van der Waals surface area contributed by atoms with Crippen LogP contribution in [0.3, 0.4) is 0 Å². The predicted molar refractivity (Wildman–Crippen MR) is 79.1 cm³/mol. The summed E-state index contributed by atoms with van der Waals surface area (Å²) in [6.45, 7) is 0. The molecule has 3 N–H and O–H groups in total. The van der Waals surface area contributed by atoms with Gasteiger partial charge in [0.05, 0.1) is 5.56 Å². The number of hydrogen-bond acceptors (Lipinski definition) is 5. The lowest BCUT2D eigenvalue weighted by molar-refractivity contribution is -0.131. The van der Waals surface area contributed by atoms with E-state index < -0.39 is 17.9 Å². The van der Waals surface area contributed by atoms with Gasteiger partial charge >= 0.3 is 0 Å². The minimum absolute atomic E-state index is 0.0726. The van der Waals surface area contributed by atoms with Crippen LogP contribution < -0.4 is 11.1 Å². The molecule has 7 nitrogen and oxygen atoms in total. The van der Waals surface area contributed by atoms with E-state index in [0.717, 1.165) is 0 Å². The van der Waals surface area contributed by atoms with Gasteiger partial charge in [-0.2, -0.15) is 0 Å². The lowest BCUT2D eigenvalue weighted by atomic mass is 10.0. The third-order valence-electron chi connectivity index (χ3n) is 3.70. The fraction of sp³-hybridized carbons (Fsp3) is 0.333. The number of carbonyl (C=O) groups excluding carboxylic acids is 4. The molecular weight excluding hydrogens is 286 g/mol. The normalized spacial score (nSPS) is 18.3. The van der Waals surface area contributed by atoms with Crippen molar-refractivity contribution in [2.75, 3.05) is 12.8 Å². The fourth-order valence-corrected chi connectivity index (χ4v) is 2.49. The summed E-state index contributed by atoms with van der Waals surface area (Å²) >= 11 is 0. The highest BCUT2D eigenvalue weighted by molar-refractivity contribution is 6.08. The molecule has 3 amide bonds. The molecule has 1 aliphatic rings. The van der Waals surface area contributed by atoms with Gasteiger partial charge in [0.2, 0.25) is 11.8 Å². The van der Waals surface area contributed by atoms with Crippen molar-refractivity contribution in [1.29, 1.82) is 0 Å². The van der Waals surface area contributed by atoms with Crippen molar-refractivity contribution < 1.29 is 19.2 Å². The van der Waals surface area contributed by atoms with Crippen LogP contribution in [0.5, 0.6) is 0 Å². The third kappa shape index (κ3) is 2.98. The van der Waals surface area contributed by atoms with Crippen LogP contribution in [0.2, 0.25) is 0 Å². The van der Waals surface area contributed by atoms with Crippen molar-refractivity contribution in [2.24, 2.45) is 0 Å². The summed E-state index contributed by atoms with van der Waals surface area (Å²) < 4.78 is 0. The van der Waals surface area contributed by atoms with Gasteiger partial charge < -0.3 is 10.6 Å². The summed E-state index contributed by atoms with van der Waals surface area (Å²) in [5, 5.41) is 2.25. The average Bonchev–Trinajstić information content (AvgIpc) is 2.65. The second-order valence-corrected chi connectivity index (χ2v) is 5.17. The number of hydrogen-bond donors (Lipinski definition) is 2. The number of nitrogen functional groups attached to an aromatic ring is 1. The van der Waals surface area contributed by atoms with Crippen molar-refractivity contribution in [3.63, 3.8) is 0 Å². The molecule has 1 atom stereocenters. The molecule has 22 heavy (non-hydrogen) atoms. The maximum atomic E-state index is 12.6. The van der Waals surface area contributed by atoms with Gasteiger partial charge in [-0.05, 0) is 18.9 Å². The van der Waals surface area contributed by atoms with Gasteiger partial charge in [-0.3, -0.25) is 24.5 Å². The number of rotatable bonds is 3. The van der Waals surface area contributed by atoms with E-state index >= 15 is 0 Å². The van der Waals surface area contributed by atoms with E-state index in [9.17, 15) is 19.2 Å². The summed E-state index contributed by atoms with van der Waals surface area (Å²) in [5.41, 5.74) is 6.21. The number of benzene rings is 1. The Morgan fingerprint density at radius 2 is 2.14 bits per heavy atom. The molecule has 1 fully saturated rings. The maximum Gasteiger partial charge on any atom is 0.257 e. The van der Waals surface area contributed by atoms with Crippen LogP contribution in [0, 0.1) is 0 Å². The zero-order chi connectivity index (χ0) is 16.3. The Balaban J connectivity index is 2.31. The Labute approximate surface area is 127 Å². The molecule has 0 spiro atoms. The molecule has 1 saturated heterocycles. The minimum atomic E-state index is -0.766. The summed E-state index contributed by atoms with van der Waals surface area (Å²) in [6.07, 6.45) is 1.68. The van der Waals surface area contributed by atoms with E-state index in [2.05, 4.69) is 5.32 Å². The number of nitrogens with one attached hydrogen (secondary N) is 1. The first-order chi connectivity index (χ1) is 10.5. The van der Waals surface area contributed by atoms with Crippen LogP contribution in [0.4, 0.5) is 5.69 Å². The largest absolute Gasteiger partial charge is 0.398 e. The monoisotopic (exact) mass is 303 g/mol. The van der Waals surface area contributed by atoms with Gasteiger partial charge in [0.15, 0.2) is 6.29 Å². The topological polar surface area (TPSA) is 110 Å². The quantitative estimate of drug-likeness (QED) is 0.475. The van der Waals surface area contributed by atoms with Crippen LogP contribution in [-0.4, -0.2) is 42.0 Å². The first-order valence-electron chi connectivity index (χ1n) is 6.90. The lowest BCUT2D eigenvalue weighted by Gasteiger charge is -2.26. The first-order valence-corrected chi connectivity index (χ1v) is 6.90. The molecule has 0 unspecified atom stereocenters. The van der Waals surface area contributed by atoms with Crippen molar-refractivity contribution in [1.82, 2.24) is 10.2 Å². The Kier molecular flexibility index (Phi) is 4.55. The molecule has 0 saturated carbocycles. The summed E-state index contributed by atoms with van der Waals surface area (Å²) in [7, 11) is 1.46. The van der Waals surface area contributed by atoms with Gasteiger partial charge in [0.25, 0.3) is 5.91 Å². The van der Waals surface area contributed by atoms with Gasteiger partial charge in [-0.25, -0.2) is 0 Å². The molecule has 0 aromatic heterocycles. The van der Waals surface area contributed by atoms with E-state index in [0.29, 0.717) is 19.1 Å². The fourth-order valence-electron chi connectivity index (χ4n) is 2.49. The Morgan fingerprint density at radius 3 is 2.82 bits per heavy atom. The molecule has 1 aliphatic heterocycles. The highest BCUT2D eigenvalue weighted by Crippen LogP contribution is 2.21. The van der Waals surface area contributed by atoms with Gasteiger partial charge in [0, 0.05) is 24.7 Å². The molecule has 0 radical (unpaired) electrons. The molecule has 1 aromatic rings.